The lowest BCUT2D eigenvalue weighted by molar-refractivity contribution is -0.220. The summed E-state index contributed by atoms with van der Waals surface area (Å²) in [5.74, 6) is 0. The van der Waals surface area contributed by atoms with Crippen LogP contribution in [0.3, 0.4) is 0 Å². The molecule has 0 aliphatic heterocycles. The van der Waals surface area contributed by atoms with Crippen LogP contribution in [0.15, 0.2) is 0 Å². The summed E-state index contributed by atoms with van der Waals surface area (Å²) in [6.45, 7) is 2.78. The highest BCUT2D eigenvalue weighted by atomic mass is 19.1. The minimum atomic E-state index is -1.05. The van der Waals surface area contributed by atoms with Crippen LogP contribution in [0.4, 0.5) is 8.78 Å². The molecule has 0 spiro atoms. The molecule has 2 saturated carbocycles. The molecule has 2 aliphatic rings. The van der Waals surface area contributed by atoms with Crippen molar-refractivity contribution in [1.82, 2.24) is 0 Å². The molecule has 0 heterocycles. The predicted molar refractivity (Wildman–Crippen MR) is 58.5 cm³/mol. The van der Waals surface area contributed by atoms with Gasteiger partial charge in [-0.2, -0.15) is 0 Å². The van der Waals surface area contributed by atoms with E-state index in [0.717, 1.165) is 12.8 Å². The van der Waals surface area contributed by atoms with Crippen molar-refractivity contribution >= 4 is 0 Å². The van der Waals surface area contributed by atoms with Gasteiger partial charge < -0.3 is 10.8 Å². The van der Waals surface area contributed by atoms with Gasteiger partial charge in [-0.3, -0.25) is 8.78 Å². The number of alkyl halides is 2. The number of hydrogen-bond acceptors (Lipinski definition) is 2. The fraction of sp³-hybridized carbons (Fsp3) is 1.00. The quantitative estimate of drug-likeness (QED) is 0.782. The van der Waals surface area contributed by atoms with Gasteiger partial charge in [-0.05, 0) is 31.1 Å². The lowest BCUT2D eigenvalue weighted by Crippen LogP contribution is -2.76. The standard InChI is InChI=1S/C12H21F2NO/c1-9(2)3-11(15,4-9)12(16)5-10(6-12,7-13)8-14/h16H,3-8,15H2,1-2H3. The van der Waals surface area contributed by atoms with E-state index < -0.39 is 29.9 Å². The highest BCUT2D eigenvalue weighted by molar-refractivity contribution is 5.22. The Morgan fingerprint density at radius 2 is 1.50 bits per heavy atom. The van der Waals surface area contributed by atoms with Crippen molar-refractivity contribution in [2.45, 2.75) is 50.7 Å². The molecule has 2 aliphatic carbocycles. The van der Waals surface area contributed by atoms with Gasteiger partial charge in [-0.1, -0.05) is 13.8 Å². The molecule has 0 aromatic rings. The van der Waals surface area contributed by atoms with Crippen LogP contribution >= 0.6 is 0 Å². The average Bonchev–Trinajstić information content (AvgIpc) is 2.09. The van der Waals surface area contributed by atoms with Gasteiger partial charge in [0, 0.05) is 11.0 Å². The normalized spacial score (nSPS) is 32.6. The molecule has 0 aromatic carbocycles. The monoisotopic (exact) mass is 233 g/mol. The van der Waals surface area contributed by atoms with Crippen LogP contribution < -0.4 is 5.73 Å². The summed E-state index contributed by atoms with van der Waals surface area (Å²) >= 11 is 0. The SMILES string of the molecule is CC1(C)CC(N)(C2(O)CC(CF)(CF)C2)C1. The molecule has 16 heavy (non-hydrogen) atoms. The maximum atomic E-state index is 12.7. The zero-order valence-corrected chi connectivity index (χ0v) is 10.0. The van der Waals surface area contributed by atoms with Crippen LogP contribution in [0.25, 0.3) is 0 Å². The molecule has 4 heteroatoms. The molecule has 0 saturated heterocycles. The largest absolute Gasteiger partial charge is 0.388 e. The average molecular weight is 233 g/mol. The molecule has 0 atom stereocenters. The second-order valence-corrected chi connectivity index (χ2v) is 6.83. The van der Waals surface area contributed by atoms with E-state index in [4.69, 9.17) is 5.73 Å². The Labute approximate surface area is 95.2 Å². The predicted octanol–water partition coefficient (Wildman–Crippen LogP) is 1.95. The lowest BCUT2D eigenvalue weighted by Gasteiger charge is -2.66. The van der Waals surface area contributed by atoms with Crippen molar-refractivity contribution in [3.63, 3.8) is 0 Å². The van der Waals surface area contributed by atoms with Crippen molar-refractivity contribution in [1.29, 1.82) is 0 Å². The summed E-state index contributed by atoms with van der Waals surface area (Å²) in [6.07, 6.45) is 1.79. The van der Waals surface area contributed by atoms with E-state index in [2.05, 4.69) is 13.8 Å². The van der Waals surface area contributed by atoms with E-state index in [1.807, 2.05) is 0 Å². The summed E-state index contributed by atoms with van der Waals surface area (Å²) in [4.78, 5) is 0. The molecule has 2 nitrogen and oxygen atoms in total. The Kier molecular flexibility index (Phi) is 2.42. The first-order valence-electron chi connectivity index (χ1n) is 5.83. The Morgan fingerprint density at radius 1 is 1.06 bits per heavy atom. The fourth-order valence-corrected chi connectivity index (χ4v) is 3.75. The summed E-state index contributed by atoms with van der Waals surface area (Å²) in [7, 11) is 0. The highest BCUT2D eigenvalue weighted by Gasteiger charge is 2.67. The summed E-state index contributed by atoms with van der Waals surface area (Å²) < 4.78 is 25.4. The van der Waals surface area contributed by atoms with E-state index in [0.29, 0.717) is 0 Å². The first kappa shape index (κ1) is 12.2. The van der Waals surface area contributed by atoms with Crippen LogP contribution in [0.1, 0.15) is 39.5 Å². The van der Waals surface area contributed by atoms with Crippen LogP contribution in [-0.2, 0) is 0 Å². The summed E-state index contributed by atoms with van der Waals surface area (Å²) in [5, 5.41) is 10.4. The van der Waals surface area contributed by atoms with Crippen molar-refractivity contribution in [2.24, 2.45) is 16.6 Å². The third-order valence-corrected chi connectivity index (χ3v) is 4.42. The van der Waals surface area contributed by atoms with E-state index in [1.165, 1.54) is 0 Å². The molecule has 0 unspecified atom stereocenters. The highest BCUT2D eigenvalue weighted by Crippen LogP contribution is 2.61. The number of nitrogens with two attached hydrogens (primary N) is 1. The minimum absolute atomic E-state index is 0.147. The van der Waals surface area contributed by atoms with E-state index in [9.17, 15) is 13.9 Å². The van der Waals surface area contributed by atoms with Crippen molar-refractivity contribution < 1.29 is 13.9 Å². The van der Waals surface area contributed by atoms with Gasteiger partial charge in [0.1, 0.15) is 0 Å². The number of aliphatic hydroxyl groups is 1. The Balaban J connectivity index is 2.03. The van der Waals surface area contributed by atoms with Gasteiger partial charge in [0.2, 0.25) is 0 Å². The van der Waals surface area contributed by atoms with Gasteiger partial charge in [0.05, 0.1) is 19.0 Å². The van der Waals surface area contributed by atoms with Crippen molar-refractivity contribution in [2.75, 3.05) is 13.3 Å². The molecule has 0 bridgehead atoms. The third kappa shape index (κ3) is 1.50. The second kappa shape index (κ2) is 3.16. The Hall–Kier alpha value is -0.220. The van der Waals surface area contributed by atoms with Crippen molar-refractivity contribution in [3.05, 3.63) is 0 Å². The van der Waals surface area contributed by atoms with Crippen LogP contribution in [0.2, 0.25) is 0 Å². The molecule has 94 valence electrons. The Morgan fingerprint density at radius 3 is 1.81 bits per heavy atom. The molecule has 0 amide bonds. The molecular weight excluding hydrogens is 212 g/mol. The molecular formula is C12H21F2NO. The van der Waals surface area contributed by atoms with Crippen molar-refractivity contribution in [3.8, 4) is 0 Å². The van der Waals surface area contributed by atoms with E-state index in [1.54, 1.807) is 0 Å². The van der Waals surface area contributed by atoms with Gasteiger partial charge in [0.25, 0.3) is 0 Å². The maximum absolute atomic E-state index is 12.7. The topological polar surface area (TPSA) is 46.2 Å². The van der Waals surface area contributed by atoms with Gasteiger partial charge in [-0.15, -0.1) is 0 Å². The molecule has 0 radical (unpaired) electrons. The van der Waals surface area contributed by atoms with Gasteiger partial charge >= 0.3 is 0 Å². The summed E-state index contributed by atoms with van der Waals surface area (Å²) in [6, 6.07) is 0. The first-order valence-corrected chi connectivity index (χ1v) is 5.83. The van der Waals surface area contributed by atoms with Gasteiger partial charge in [-0.25, -0.2) is 0 Å². The number of halogens is 2. The maximum Gasteiger partial charge on any atom is 0.0977 e. The summed E-state index contributed by atoms with van der Waals surface area (Å²) in [5.41, 5.74) is 3.65. The van der Waals surface area contributed by atoms with Gasteiger partial charge in [0.15, 0.2) is 0 Å². The lowest BCUT2D eigenvalue weighted by atomic mass is 9.44. The second-order valence-electron chi connectivity index (χ2n) is 6.83. The van der Waals surface area contributed by atoms with E-state index >= 15 is 0 Å². The van der Waals surface area contributed by atoms with Crippen LogP contribution in [-0.4, -0.2) is 29.6 Å². The first-order chi connectivity index (χ1) is 7.20. The Bertz CT molecular complexity index is 283. The zero-order chi connectivity index (χ0) is 12.2. The number of hydrogen-bond donors (Lipinski definition) is 2. The minimum Gasteiger partial charge on any atom is -0.388 e. The number of rotatable bonds is 3. The molecule has 0 aromatic heterocycles. The van der Waals surface area contributed by atoms with E-state index in [-0.39, 0.29) is 18.3 Å². The molecule has 3 N–H and O–H groups in total. The zero-order valence-electron chi connectivity index (χ0n) is 10.0. The smallest absolute Gasteiger partial charge is 0.0977 e. The third-order valence-electron chi connectivity index (χ3n) is 4.42. The molecule has 2 fully saturated rings. The fourth-order valence-electron chi connectivity index (χ4n) is 3.75. The van der Waals surface area contributed by atoms with Crippen LogP contribution in [0, 0.1) is 10.8 Å². The van der Waals surface area contributed by atoms with Crippen LogP contribution in [0.5, 0.6) is 0 Å². The molecule has 2 rings (SSSR count).